The molecule has 0 radical (unpaired) electrons. The Labute approximate surface area is 163 Å². The Hall–Kier alpha value is -2.10. The fraction of sp³-hybridized carbons (Fsp3) is 0.565. The van der Waals surface area contributed by atoms with Gasteiger partial charge >= 0.3 is 0 Å². The van der Waals surface area contributed by atoms with Gasteiger partial charge in [-0.25, -0.2) is 0 Å². The molecule has 27 heavy (non-hydrogen) atoms. The average Bonchev–Trinajstić information content (AvgIpc) is 3.11. The van der Waals surface area contributed by atoms with Crippen LogP contribution in [-0.4, -0.2) is 24.4 Å². The van der Waals surface area contributed by atoms with E-state index in [2.05, 4.69) is 25.7 Å². The molecule has 1 N–H and O–H groups in total. The van der Waals surface area contributed by atoms with Crippen LogP contribution in [-0.2, 0) is 11.2 Å². The summed E-state index contributed by atoms with van der Waals surface area (Å²) in [6.07, 6.45) is 9.11. The third kappa shape index (κ3) is 4.60. The van der Waals surface area contributed by atoms with E-state index in [9.17, 15) is 9.59 Å². The molecule has 1 aliphatic carbocycles. The molecule has 1 aromatic rings. The summed E-state index contributed by atoms with van der Waals surface area (Å²) in [6.45, 7) is 8.82. The van der Waals surface area contributed by atoms with Crippen molar-refractivity contribution in [2.45, 2.75) is 64.8 Å². The zero-order chi connectivity index (χ0) is 19.4. The van der Waals surface area contributed by atoms with Crippen molar-refractivity contribution in [3.8, 4) is 0 Å². The predicted molar refractivity (Wildman–Crippen MR) is 110 cm³/mol. The summed E-state index contributed by atoms with van der Waals surface area (Å²) in [6, 6.07) is 6.02. The molecule has 3 rings (SSSR count). The molecule has 1 fully saturated rings. The minimum Gasteiger partial charge on any atom is -0.349 e. The van der Waals surface area contributed by atoms with Gasteiger partial charge in [0, 0.05) is 23.8 Å². The van der Waals surface area contributed by atoms with Crippen LogP contribution >= 0.6 is 0 Å². The predicted octanol–water partition coefficient (Wildman–Crippen LogP) is 4.49. The first kappa shape index (κ1) is 19.7. The quantitative estimate of drug-likeness (QED) is 0.752. The number of hydrogen-bond acceptors (Lipinski definition) is 2. The lowest BCUT2D eigenvalue weighted by atomic mass is 9.93. The topological polar surface area (TPSA) is 49.4 Å². The van der Waals surface area contributed by atoms with Crippen LogP contribution < -0.4 is 10.2 Å². The molecule has 2 atom stereocenters. The van der Waals surface area contributed by atoms with Crippen LogP contribution in [0.15, 0.2) is 30.9 Å². The van der Waals surface area contributed by atoms with Gasteiger partial charge in [-0.3, -0.25) is 9.59 Å². The molecule has 0 spiro atoms. The molecular weight excluding hydrogens is 336 g/mol. The molecule has 4 nitrogen and oxygen atoms in total. The van der Waals surface area contributed by atoms with Crippen molar-refractivity contribution < 1.29 is 9.59 Å². The van der Waals surface area contributed by atoms with E-state index in [1.807, 2.05) is 18.2 Å². The zero-order valence-electron chi connectivity index (χ0n) is 16.7. The normalized spacial score (nSPS) is 21.8. The fourth-order valence-electron chi connectivity index (χ4n) is 4.45. The van der Waals surface area contributed by atoms with Crippen LogP contribution in [0.5, 0.6) is 0 Å². The molecule has 0 aromatic heterocycles. The van der Waals surface area contributed by atoms with E-state index in [4.69, 9.17) is 0 Å². The number of anilines is 1. The molecule has 2 unspecified atom stereocenters. The van der Waals surface area contributed by atoms with Crippen molar-refractivity contribution in [1.82, 2.24) is 5.32 Å². The lowest BCUT2D eigenvalue weighted by molar-refractivity contribution is -0.114. The summed E-state index contributed by atoms with van der Waals surface area (Å²) in [5.41, 5.74) is 2.70. The lowest BCUT2D eigenvalue weighted by Crippen LogP contribution is -2.38. The smallest absolute Gasteiger partial charge is 0.251 e. The highest BCUT2D eigenvalue weighted by Crippen LogP contribution is 2.32. The summed E-state index contributed by atoms with van der Waals surface area (Å²) in [7, 11) is 0. The van der Waals surface area contributed by atoms with Gasteiger partial charge in [-0.15, -0.1) is 0 Å². The minimum atomic E-state index is -0.0768. The number of aryl methyl sites for hydroxylation is 1. The van der Waals surface area contributed by atoms with E-state index in [0.29, 0.717) is 30.0 Å². The summed E-state index contributed by atoms with van der Waals surface area (Å²) in [4.78, 5) is 26.6. The van der Waals surface area contributed by atoms with Crippen molar-refractivity contribution in [2.24, 2.45) is 11.8 Å². The van der Waals surface area contributed by atoms with Gasteiger partial charge in [0.15, 0.2) is 0 Å². The molecule has 1 heterocycles. The van der Waals surface area contributed by atoms with E-state index < -0.39 is 0 Å². The molecule has 0 saturated heterocycles. The van der Waals surface area contributed by atoms with Crippen molar-refractivity contribution in [1.29, 1.82) is 0 Å². The van der Waals surface area contributed by atoms with Gasteiger partial charge in [0.25, 0.3) is 5.91 Å². The number of carbonyl (C=O) groups excluding carboxylic acids is 2. The second kappa shape index (κ2) is 8.73. The third-order valence-electron chi connectivity index (χ3n) is 5.99. The van der Waals surface area contributed by atoms with E-state index in [1.54, 1.807) is 4.90 Å². The molecule has 4 heteroatoms. The average molecular weight is 369 g/mol. The van der Waals surface area contributed by atoms with Gasteiger partial charge in [-0.05, 0) is 73.8 Å². The first-order valence-electron chi connectivity index (χ1n) is 10.4. The van der Waals surface area contributed by atoms with Crippen LogP contribution in [0, 0.1) is 11.8 Å². The van der Waals surface area contributed by atoms with Gasteiger partial charge in [0.1, 0.15) is 0 Å². The number of rotatable bonds is 6. The Balaban J connectivity index is 1.69. The first-order valence-corrected chi connectivity index (χ1v) is 10.4. The Morgan fingerprint density at radius 2 is 2.11 bits per heavy atom. The van der Waals surface area contributed by atoms with Crippen molar-refractivity contribution in [2.75, 3.05) is 11.4 Å². The van der Waals surface area contributed by atoms with Crippen molar-refractivity contribution in [3.63, 3.8) is 0 Å². The molecule has 1 aromatic carbocycles. The number of fused-ring (bicyclic) bond motifs is 1. The maximum absolute atomic E-state index is 12.8. The van der Waals surface area contributed by atoms with Crippen LogP contribution in [0.2, 0.25) is 0 Å². The first-order chi connectivity index (χ1) is 13.0. The van der Waals surface area contributed by atoms with Crippen LogP contribution in [0.3, 0.4) is 0 Å². The zero-order valence-corrected chi connectivity index (χ0v) is 16.7. The summed E-state index contributed by atoms with van der Waals surface area (Å²) >= 11 is 0. The highest BCUT2D eigenvalue weighted by atomic mass is 16.2. The minimum absolute atomic E-state index is 0.0198. The number of amides is 2. The maximum Gasteiger partial charge on any atom is 0.251 e. The van der Waals surface area contributed by atoms with Crippen molar-refractivity contribution >= 4 is 17.5 Å². The number of nitrogens with one attached hydrogen (secondary N) is 1. The number of hydrogen-bond donors (Lipinski definition) is 1. The van der Waals surface area contributed by atoms with Gasteiger partial charge < -0.3 is 10.2 Å². The summed E-state index contributed by atoms with van der Waals surface area (Å²) < 4.78 is 0. The third-order valence-corrected chi connectivity index (χ3v) is 5.99. The monoisotopic (exact) mass is 368 g/mol. The number of benzene rings is 1. The molecule has 0 bridgehead atoms. The molecule has 1 aliphatic heterocycles. The highest BCUT2D eigenvalue weighted by molar-refractivity contribution is 6.02. The van der Waals surface area contributed by atoms with Gasteiger partial charge in [-0.2, -0.15) is 0 Å². The van der Waals surface area contributed by atoms with Crippen LogP contribution in [0.25, 0.3) is 0 Å². The Kier molecular flexibility index (Phi) is 6.35. The highest BCUT2D eigenvalue weighted by Gasteiger charge is 2.29. The molecule has 2 amide bonds. The van der Waals surface area contributed by atoms with E-state index in [1.165, 1.54) is 31.8 Å². The fourth-order valence-corrected chi connectivity index (χ4v) is 4.45. The molecule has 1 saturated carbocycles. The summed E-state index contributed by atoms with van der Waals surface area (Å²) in [5.74, 6) is 1.26. The van der Waals surface area contributed by atoms with Crippen molar-refractivity contribution in [3.05, 3.63) is 42.0 Å². The van der Waals surface area contributed by atoms with Crippen LogP contribution in [0.4, 0.5) is 5.69 Å². The van der Waals surface area contributed by atoms with E-state index in [0.717, 1.165) is 30.5 Å². The molecular formula is C23H32N2O2. The standard InChI is InChI=1S/C23H32N2O2/c1-4-22(26)25-14-6-8-18-15-19(12-13-21(18)25)23(27)24-20-9-5-7-17(20)11-10-16(2)3/h4,12-13,15-17,20H,1,5-11,14H2,2-3H3,(H,24,27). The lowest BCUT2D eigenvalue weighted by Gasteiger charge is -2.29. The number of nitrogens with zero attached hydrogens (tertiary/aromatic N) is 1. The van der Waals surface area contributed by atoms with Gasteiger partial charge in [0.05, 0.1) is 0 Å². The van der Waals surface area contributed by atoms with E-state index >= 15 is 0 Å². The van der Waals surface area contributed by atoms with Gasteiger partial charge in [0.2, 0.25) is 5.91 Å². The summed E-state index contributed by atoms with van der Waals surface area (Å²) in [5, 5.41) is 3.29. The second-order valence-electron chi connectivity index (χ2n) is 8.38. The largest absolute Gasteiger partial charge is 0.349 e. The SMILES string of the molecule is C=CC(=O)N1CCCc2cc(C(=O)NC3CCCC3CCC(C)C)ccc21. The molecule has 2 aliphatic rings. The van der Waals surface area contributed by atoms with Gasteiger partial charge in [-0.1, -0.05) is 33.3 Å². The molecule has 146 valence electrons. The Morgan fingerprint density at radius 3 is 2.85 bits per heavy atom. The van der Waals surface area contributed by atoms with E-state index in [-0.39, 0.29) is 11.8 Å². The Bertz CT molecular complexity index is 710. The number of carbonyl (C=O) groups is 2. The van der Waals surface area contributed by atoms with Crippen LogP contribution in [0.1, 0.15) is 68.3 Å². The second-order valence-corrected chi connectivity index (χ2v) is 8.38. The maximum atomic E-state index is 12.8. The Morgan fingerprint density at radius 1 is 1.30 bits per heavy atom.